The molecule has 166 valence electrons. The smallest absolute Gasteiger partial charge is 0.319 e. The molecule has 0 aliphatic carbocycles. The molecule has 4 rings (SSSR count). The molecule has 8 heteroatoms. The molecule has 2 aromatic rings. The summed E-state index contributed by atoms with van der Waals surface area (Å²) in [4.78, 5) is 40.0. The molecular weight excluding hydrogens is 411 g/mol. The predicted octanol–water partition coefficient (Wildman–Crippen LogP) is 3.40. The van der Waals surface area contributed by atoms with Crippen molar-refractivity contribution in [1.29, 1.82) is 0 Å². The summed E-state index contributed by atoms with van der Waals surface area (Å²) in [6, 6.07) is 14.5. The third kappa shape index (κ3) is 4.00. The number of nitrogens with zero attached hydrogens (tertiary/aromatic N) is 3. The first-order valence-electron chi connectivity index (χ1n) is 10.8. The van der Waals surface area contributed by atoms with Gasteiger partial charge in [-0.15, -0.1) is 0 Å². The highest BCUT2D eigenvalue weighted by Crippen LogP contribution is 2.34. The SMILES string of the molecule is CCCCC1(c2ccc(F)cc2)NC(=O)N(CC(=O)N2CCC(c3ccccc3)=N2)C1=O. The van der Waals surface area contributed by atoms with Crippen molar-refractivity contribution in [3.63, 3.8) is 0 Å². The zero-order valence-corrected chi connectivity index (χ0v) is 17.9. The topological polar surface area (TPSA) is 82.1 Å². The van der Waals surface area contributed by atoms with E-state index >= 15 is 0 Å². The third-order valence-corrected chi connectivity index (χ3v) is 5.91. The van der Waals surface area contributed by atoms with Crippen LogP contribution in [0.3, 0.4) is 0 Å². The number of hydrogen-bond donors (Lipinski definition) is 1. The molecule has 1 unspecified atom stereocenters. The van der Waals surface area contributed by atoms with Gasteiger partial charge in [-0.1, -0.05) is 62.2 Å². The minimum atomic E-state index is -1.30. The van der Waals surface area contributed by atoms with Gasteiger partial charge in [-0.25, -0.2) is 14.2 Å². The summed E-state index contributed by atoms with van der Waals surface area (Å²) in [6.07, 6.45) is 2.47. The first-order valence-corrected chi connectivity index (χ1v) is 10.8. The van der Waals surface area contributed by atoms with E-state index in [2.05, 4.69) is 10.4 Å². The molecule has 7 nitrogen and oxygen atoms in total. The van der Waals surface area contributed by atoms with Crippen LogP contribution < -0.4 is 5.32 Å². The van der Waals surface area contributed by atoms with E-state index in [1.165, 1.54) is 29.3 Å². The Hall–Kier alpha value is -3.55. The van der Waals surface area contributed by atoms with E-state index in [4.69, 9.17) is 0 Å². The molecule has 0 spiro atoms. The number of nitrogens with one attached hydrogen (secondary N) is 1. The number of carbonyl (C=O) groups excluding carboxylic acids is 3. The largest absolute Gasteiger partial charge is 0.325 e. The van der Waals surface area contributed by atoms with E-state index < -0.39 is 35.7 Å². The molecule has 1 fully saturated rings. The van der Waals surface area contributed by atoms with Crippen molar-refractivity contribution >= 4 is 23.6 Å². The Morgan fingerprint density at radius 3 is 2.53 bits per heavy atom. The highest BCUT2D eigenvalue weighted by atomic mass is 19.1. The number of hydrogen-bond acceptors (Lipinski definition) is 4. The van der Waals surface area contributed by atoms with Gasteiger partial charge in [-0.2, -0.15) is 5.10 Å². The molecule has 0 aromatic heterocycles. The minimum Gasteiger partial charge on any atom is -0.319 e. The molecule has 2 heterocycles. The van der Waals surface area contributed by atoms with Crippen LogP contribution in [0, 0.1) is 5.82 Å². The fourth-order valence-electron chi connectivity index (χ4n) is 4.14. The van der Waals surface area contributed by atoms with Crippen LogP contribution in [0.5, 0.6) is 0 Å². The molecule has 2 aromatic carbocycles. The maximum Gasteiger partial charge on any atom is 0.325 e. The van der Waals surface area contributed by atoms with Crippen molar-refractivity contribution in [3.05, 3.63) is 71.5 Å². The number of imide groups is 1. The van der Waals surface area contributed by atoms with Gasteiger partial charge in [0.05, 0.1) is 12.3 Å². The van der Waals surface area contributed by atoms with Crippen molar-refractivity contribution in [2.75, 3.05) is 13.1 Å². The Balaban J connectivity index is 1.53. The normalized spacial score (nSPS) is 20.5. The standard InChI is InChI=1S/C24H25FN4O3/c1-2-3-14-24(18-9-11-19(25)12-10-18)22(31)28(23(32)26-24)16-21(30)29-15-13-20(27-29)17-7-5-4-6-8-17/h4-12H,2-3,13-16H2,1H3,(H,26,32). The fourth-order valence-corrected chi connectivity index (χ4v) is 4.14. The van der Waals surface area contributed by atoms with Crippen molar-refractivity contribution in [2.24, 2.45) is 5.10 Å². The highest BCUT2D eigenvalue weighted by molar-refractivity contribution is 6.09. The second-order valence-electron chi connectivity index (χ2n) is 8.02. The number of urea groups is 1. The van der Waals surface area contributed by atoms with Gasteiger partial charge in [-0.3, -0.25) is 14.5 Å². The first kappa shape index (κ1) is 21.7. The molecule has 2 aliphatic rings. The van der Waals surface area contributed by atoms with Crippen molar-refractivity contribution in [2.45, 2.75) is 38.1 Å². The maximum atomic E-state index is 13.5. The van der Waals surface area contributed by atoms with E-state index in [1.807, 2.05) is 37.3 Å². The fraction of sp³-hybridized carbons (Fsp3) is 0.333. The highest BCUT2D eigenvalue weighted by Gasteiger charge is 2.52. The van der Waals surface area contributed by atoms with Gasteiger partial charge in [0, 0.05) is 6.42 Å². The first-order chi connectivity index (χ1) is 15.4. The zero-order chi connectivity index (χ0) is 22.7. The average Bonchev–Trinajstić information content (AvgIpc) is 3.39. The van der Waals surface area contributed by atoms with Crippen molar-refractivity contribution in [1.82, 2.24) is 15.2 Å². The van der Waals surface area contributed by atoms with Gasteiger partial charge in [0.2, 0.25) is 0 Å². The molecule has 1 saturated heterocycles. The second-order valence-corrected chi connectivity index (χ2v) is 8.02. The molecule has 0 bridgehead atoms. The van der Waals surface area contributed by atoms with E-state index in [1.54, 1.807) is 0 Å². The average molecular weight is 436 g/mol. The predicted molar refractivity (Wildman–Crippen MR) is 117 cm³/mol. The molecule has 32 heavy (non-hydrogen) atoms. The monoisotopic (exact) mass is 436 g/mol. The van der Waals surface area contributed by atoms with Crippen LogP contribution in [0.15, 0.2) is 59.7 Å². The summed E-state index contributed by atoms with van der Waals surface area (Å²) in [5.74, 6) is -1.35. The summed E-state index contributed by atoms with van der Waals surface area (Å²) >= 11 is 0. The van der Waals surface area contributed by atoms with E-state index in [9.17, 15) is 18.8 Å². The van der Waals surface area contributed by atoms with Crippen LogP contribution >= 0.6 is 0 Å². The van der Waals surface area contributed by atoms with Gasteiger partial charge in [0.25, 0.3) is 11.8 Å². The summed E-state index contributed by atoms with van der Waals surface area (Å²) in [7, 11) is 0. The molecule has 2 aliphatic heterocycles. The lowest BCUT2D eigenvalue weighted by Crippen LogP contribution is -2.45. The molecule has 1 N–H and O–H groups in total. The molecule has 0 radical (unpaired) electrons. The molecular formula is C24H25FN4O3. The third-order valence-electron chi connectivity index (χ3n) is 5.91. The summed E-state index contributed by atoms with van der Waals surface area (Å²) in [6.45, 7) is 1.98. The quantitative estimate of drug-likeness (QED) is 0.676. The number of rotatable bonds is 7. The Labute approximate surface area is 185 Å². The Kier molecular flexibility index (Phi) is 6.03. The molecule has 1 atom stereocenters. The maximum absolute atomic E-state index is 13.5. The molecule has 0 saturated carbocycles. The molecule has 4 amide bonds. The van der Waals surface area contributed by atoms with Crippen LogP contribution in [0.25, 0.3) is 0 Å². The Morgan fingerprint density at radius 2 is 1.84 bits per heavy atom. The van der Waals surface area contributed by atoms with Gasteiger partial charge < -0.3 is 5.32 Å². The number of amides is 4. The second kappa shape index (κ2) is 8.90. The van der Waals surface area contributed by atoms with E-state index in [0.29, 0.717) is 31.4 Å². The van der Waals surface area contributed by atoms with Crippen LogP contribution in [-0.4, -0.2) is 46.6 Å². The van der Waals surface area contributed by atoms with Crippen LogP contribution in [0.2, 0.25) is 0 Å². The van der Waals surface area contributed by atoms with Gasteiger partial charge in [-0.05, 0) is 29.7 Å². The number of benzene rings is 2. The Morgan fingerprint density at radius 1 is 1.12 bits per heavy atom. The number of halogens is 1. The van der Waals surface area contributed by atoms with Crippen LogP contribution in [-0.2, 0) is 15.1 Å². The van der Waals surface area contributed by atoms with Gasteiger partial charge >= 0.3 is 6.03 Å². The van der Waals surface area contributed by atoms with Crippen molar-refractivity contribution < 1.29 is 18.8 Å². The zero-order valence-electron chi connectivity index (χ0n) is 17.9. The van der Waals surface area contributed by atoms with Gasteiger partial charge in [0.1, 0.15) is 17.9 Å². The summed E-state index contributed by atoms with van der Waals surface area (Å²) in [5, 5.41) is 8.48. The number of hydrazone groups is 1. The van der Waals surface area contributed by atoms with E-state index in [0.717, 1.165) is 22.6 Å². The number of unbranched alkanes of at least 4 members (excludes halogenated alkanes) is 1. The Bertz CT molecular complexity index is 1050. The lowest BCUT2D eigenvalue weighted by molar-refractivity contribution is -0.139. The van der Waals surface area contributed by atoms with Gasteiger partial charge in [0.15, 0.2) is 0 Å². The lowest BCUT2D eigenvalue weighted by Gasteiger charge is -2.27. The van der Waals surface area contributed by atoms with Crippen LogP contribution in [0.1, 0.15) is 43.7 Å². The van der Waals surface area contributed by atoms with E-state index in [-0.39, 0.29) is 0 Å². The lowest BCUT2D eigenvalue weighted by atomic mass is 9.85. The minimum absolute atomic E-state index is 0.365. The summed E-state index contributed by atoms with van der Waals surface area (Å²) < 4.78 is 13.5. The summed E-state index contributed by atoms with van der Waals surface area (Å²) in [5.41, 5.74) is 0.934. The van der Waals surface area contributed by atoms with Crippen LogP contribution in [0.4, 0.5) is 9.18 Å². The number of carbonyl (C=O) groups is 3. The van der Waals surface area contributed by atoms with Crippen molar-refractivity contribution in [3.8, 4) is 0 Å².